The van der Waals surface area contributed by atoms with E-state index in [1.165, 1.54) is 0 Å². The lowest BCUT2D eigenvalue weighted by Crippen LogP contribution is -2.23. The van der Waals surface area contributed by atoms with Crippen molar-refractivity contribution in [2.75, 3.05) is 6.61 Å². The van der Waals surface area contributed by atoms with Crippen LogP contribution in [0.25, 0.3) is 0 Å². The monoisotopic (exact) mass is 131 g/mol. The number of hydrogen-bond acceptors (Lipinski definition) is 3. The predicted octanol–water partition coefficient (Wildman–Crippen LogP) is 1.47. The summed E-state index contributed by atoms with van der Waals surface area (Å²) in [6.07, 6.45) is 0. The van der Waals surface area contributed by atoms with Gasteiger partial charge in [-0.15, -0.1) is 11.8 Å². The molecule has 0 bridgehead atoms. The van der Waals surface area contributed by atoms with Gasteiger partial charge in [-0.3, -0.25) is 0 Å². The molecule has 0 aromatic heterocycles. The van der Waals surface area contributed by atoms with Gasteiger partial charge in [-0.05, 0) is 13.8 Å². The fourth-order valence-electron chi connectivity index (χ4n) is 0.421. The molecule has 0 aromatic rings. The summed E-state index contributed by atoms with van der Waals surface area (Å²) < 4.78 is 0.224. The molecule has 0 aliphatic carbocycles. The first-order valence-electron chi connectivity index (χ1n) is 2.52. The van der Waals surface area contributed by atoms with E-state index < -0.39 is 0 Å². The van der Waals surface area contributed by atoms with Crippen LogP contribution in [-0.2, 0) is 4.84 Å². The molecule has 0 atom stereocenters. The second-order valence-corrected chi connectivity index (χ2v) is 3.91. The predicted molar refractivity (Wildman–Crippen MR) is 36.1 cm³/mol. The summed E-state index contributed by atoms with van der Waals surface area (Å²) >= 11 is 1.70. The van der Waals surface area contributed by atoms with E-state index in [4.69, 9.17) is 4.84 Å². The Morgan fingerprint density at radius 1 is 1.75 bits per heavy atom. The lowest BCUT2D eigenvalue weighted by Gasteiger charge is -2.22. The van der Waals surface area contributed by atoms with E-state index in [1.54, 1.807) is 17.3 Å². The van der Waals surface area contributed by atoms with Gasteiger partial charge in [-0.25, -0.2) is 0 Å². The van der Waals surface area contributed by atoms with Crippen molar-refractivity contribution in [3.8, 4) is 0 Å². The summed E-state index contributed by atoms with van der Waals surface area (Å²) in [6, 6.07) is 0. The highest BCUT2D eigenvalue weighted by atomic mass is 32.2. The standard InChI is InChI=1S/C5H9NOS/c1-5(2)3-7-6-4-8-5/h4H,3H2,1-2H3. The lowest BCUT2D eigenvalue weighted by molar-refractivity contribution is 0.127. The first kappa shape index (κ1) is 5.95. The Kier molecular flexibility index (Phi) is 1.47. The fraction of sp³-hybridized carbons (Fsp3) is 0.800. The SMILES string of the molecule is CC1(C)CON=CS1. The number of oxime groups is 1. The second kappa shape index (κ2) is 1.97. The molecule has 0 amide bonds. The average molecular weight is 131 g/mol. The van der Waals surface area contributed by atoms with Gasteiger partial charge in [-0.1, -0.05) is 5.16 Å². The molecule has 8 heavy (non-hydrogen) atoms. The maximum absolute atomic E-state index is 4.83. The molecular formula is C5H9NOS. The van der Waals surface area contributed by atoms with Gasteiger partial charge in [0.05, 0.1) is 10.3 Å². The van der Waals surface area contributed by atoms with E-state index in [0.29, 0.717) is 6.61 Å². The zero-order chi connectivity index (χ0) is 6.04. The van der Waals surface area contributed by atoms with E-state index in [1.807, 2.05) is 0 Å². The van der Waals surface area contributed by atoms with Gasteiger partial charge >= 0.3 is 0 Å². The maximum atomic E-state index is 4.83. The van der Waals surface area contributed by atoms with Gasteiger partial charge in [0.25, 0.3) is 0 Å². The van der Waals surface area contributed by atoms with Crippen LogP contribution in [0.3, 0.4) is 0 Å². The van der Waals surface area contributed by atoms with Crippen molar-refractivity contribution in [1.29, 1.82) is 0 Å². The molecule has 0 saturated carbocycles. The van der Waals surface area contributed by atoms with E-state index in [2.05, 4.69) is 19.0 Å². The van der Waals surface area contributed by atoms with Gasteiger partial charge in [0, 0.05) is 0 Å². The summed E-state index contributed by atoms with van der Waals surface area (Å²) in [4.78, 5) is 4.83. The minimum Gasteiger partial charge on any atom is -0.394 e. The van der Waals surface area contributed by atoms with Crippen LogP contribution >= 0.6 is 11.8 Å². The Labute approximate surface area is 53.3 Å². The van der Waals surface area contributed by atoms with Crippen LogP contribution in [0.4, 0.5) is 0 Å². The molecule has 1 aliphatic rings. The summed E-state index contributed by atoms with van der Waals surface area (Å²) in [7, 11) is 0. The summed E-state index contributed by atoms with van der Waals surface area (Å²) in [5.41, 5.74) is 1.74. The van der Waals surface area contributed by atoms with E-state index in [0.717, 1.165) is 0 Å². The number of nitrogens with zero attached hydrogens (tertiary/aromatic N) is 1. The summed E-state index contributed by atoms with van der Waals surface area (Å²) in [6.45, 7) is 4.97. The molecule has 1 rings (SSSR count). The zero-order valence-electron chi connectivity index (χ0n) is 5.05. The van der Waals surface area contributed by atoms with E-state index in [9.17, 15) is 0 Å². The van der Waals surface area contributed by atoms with Crippen molar-refractivity contribution in [1.82, 2.24) is 0 Å². The quantitative estimate of drug-likeness (QED) is 0.496. The van der Waals surface area contributed by atoms with Gasteiger partial charge in [0.1, 0.15) is 6.61 Å². The molecule has 0 spiro atoms. The normalized spacial score (nSPS) is 24.8. The van der Waals surface area contributed by atoms with Crippen molar-refractivity contribution >= 4 is 17.3 Å². The summed E-state index contributed by atoms with van der Waals surface area (Å²) in [5, 5.41) is 3.61. The summed E-state index contributed by atoms with van der Waals surface area (Å²) in [5.74, 6) is 0. The van der Waals surface area contributed by atoms with Gasteiger partial charge in [0.2, 0.25) is 0 Å². The Hall–Kier alpha value is -0.180. The van der Waals surface area contributed by atoms with Crippen molar-refractivity contribution in [2.45, 2.75) is 18.6 Å². The van der Waals surface area contributed by atoms with Crippen LogP contribution in [0.15, 0.2) is 5.16 Å². The molecule has 0 N–H and O–H groups in total. The molecule has 2 nitrogen and oxygen atoms in total. The Bertz CT molecular complexity index is 111. The molecule has 0 fully saturated rings. The van der Waals surface area contributed by atoms with E-state index >= 15 is 0 Å². The molecule has 1 heterocycles. The molecule has 0 saturated heterocycles. The van der Waals surface area contributed by atoms with Gasteiger partial charge in [-0.2, -0.15) is 0 Å². The minimum absolute atomic E-state index is 0.224. The molecule has 3 heteroatoms. The highest BCUT2D eigenvalue weighted by molar-refractivity contribution is 8.13. The van der Waals surface area contributed by atoms with Crippen LogP contribution in [0.1, 0.15) is 13.8 Å². The van der Waals surface area contributed by atoms with Crippen molar-refractivity contribution in [3.05, 3.63) is 0 Å². The molecule has 1 aliphatic heterocycles. The highest BCUT2D eigenvalue weighted by Crippen LogP contribution is 2.25. The van der Waals surface area contributed by atoms with Gasteiger partial charge < -0.3 is 4.84 Å². The van der Waals surface area contributed by atoms with E-state index in [-0.39, 0.29) is 4.75 Å². The van der Waals surface area contributed by atoms with Crippen molar-refractivity contribution in [3.63, 3.8) is 0 Å². The van der Waals surface area contributed by atoms with Crippen LogP contribution in [0.2, 0.25) is 0 Å². The van der Waals surface area contributed by atoms with Crippen LogP contribution < -0.4 is 0 Å². The molecule has 0 aromatic carbocycles. The van der Waals surface area contributed by atoms with Gasteiger partial charge in [0.15, 0.2) is 0 Å². The second-order valence-electron chi connectivity index (χ2n) is 2.36. The average Bonchev–Trinajstić information content (AvgIpc) is 1.65. The van der Waals surface area contributed by atoms with Crippen LogP contribution in [0, 0.1) is 0 Å². The number of rotatable bonds is 0. The van der Waals surface area contributed by atoms with Crippen LogP contribution in [-0.4, -0.2) is 16.9 Å². The zero-order valence-corrected chi connectivity index (χ0v) is 5.86. The number of thioether (sulfide) groups is 1. The molecular weight excluding hydrogens is 122 g/mol. The Morgan fingerprint density at radius 3 is 2.75 bits per heavy atom. The smallest absolute Gasteiger partial charge is 0.131 e. The maximum Gasteiger partial charge on any atom is 0.131 e. The third kappa shape index (κ3) is 1.40. The lowest BCUT2D eigenvalue weighted by atomic mass is 10.2. The molecule has 46 valence electrons. The first-order valence-corrected chi connectivity index (χ1v) is 3.40. The number of hydrogen-bond donors (Lipinski definition) is 0. The third-order valence-electron chi connectivity index (χ3n) is 0.901. The fourth-order valence-corrected chi connectivity index (χ4v) is 0.931. The van der Waals surface area contributed by atoms with Crippen molar-refractivity contribution in [2.24, 2.45) is 5.16 Å². The van der Waals surface area contributed by atoms with Crippen molar-refractivity contribution < 1.29 is 4.84 Å². The topological polar surface area (TPSA) is 21.6 Å². The molecule has 0 unspecified atom stereocenters. The van der Waals surface area contributed by atoms with Crippen LogP contribution in [0.5, 0.6) is 0 Å². The Balaban J connectivity index is 2.50. The minimum atomic E-state index is 0.224. The Morgan fingerprint density at radius 2 is 2.50 bits per heavy atom. The molecule has 0 radical (unpaired) electrons. The first-order chi connectivity index (χ1) is 3.71. The largest absolute Gasteiger partial charge is 0.394 e. The third-order valence-corrected chi connectivity index (χ3v) is 1.85. The highest BCUT2D eigenvalue weighted by Gasteiger charge is 2.20.